The molecular formula is C22H23N5O3S. The van der Waals surface area contributed by atoms with Crippen molar-refractivity contribution < 1.29 is 14.1 Å². The van der Waals surface area contributed by atoms with Crippen molar-refractivity contribution in [1.29, 1.82) is 0 Å². The molecule has 2 N–H and O–H groups in total. The summed E-state index contributed by atoms with van der Waals surface area (Å²) >= 11 is 5.13. The highest BCUT2D eigenvalue weighted by molar-refractivity contribution is 7.71. The third-order valence-corrected chi connectivity index (χ3v) is 5.62. The molecule has 0 aliphatic carbocycles. The van der Waals surface area contributed by atoms with Crippen molar-refractivity contribution in [2.75, 3.05) is 6.54 Å². The first kappa shape index (κ1) is 20.8. The van der Waals surface area contributed by atoms with Gasteiger partial charge in [0.1, 0.15) is 23.9 Å². The molecule has 9 heteroatoms. The molecule has 2 aromatic carbocycles. The Kier molecular flexibility index (Phi) is 5.85. The number of nitrogens with zero attached hydrogens (tertiary/aromatic N) is 3. The van der Waals surface area contributed by atoms with E-state index in [2.05, 4.69) is 20.7 Å². The number of amides is 1. The number of aromatic nitrogens is 4. The molecule has 2 heterocycles. The van der Waals surface area contributed by atoms with Gasteiger partial charge in [0.25, 0.3) is 5.91 Å². The van der Waals surface area contributed by atoms with Crippen LogP contribution in [-0.2, 0) is 20.1 Å². The zero-order valence-corrected chi connectivity index (χ0v) is 18.4. The third-order valence-electron chi connectivity index (χ3n) is 5.25. The van der Waals surface area contributed by atoms with Gasteiger partial charge in [0.15, 0.2) is 4.77 Å². The lowest BCUT2D eigenvalue weighted by Crippen LogP contribution is -2.27. The maximum atomic E-state index is 13.0. The molecule has 0 spiro atoms. The summed E-state index contributed by atoms with van der Waals surface area (Å²) < 4.78 is 13.6. The average molecular weight is 438 g/mol. The van der Waals surface area contributed by atoms with Crippen LogP contribution in [-0.4, -0.2) is 32.4 Å². The minimum Gasteiger partial charge on any atom is -0.488 e. The number of H-pyrrole nitrogens is 1. The lowest BCUT2D eigenvalue weighted by Gasteiger charge is -2.13. The van der Waals surface area contributed by atoms with Crippen LogP contribution in [0.1, 0.15) is 33.2 Å². The van der Waals surface area contributed by atoms with Gasteiger partial charge in [-0.3, -0.25) is 9.89 Å². The van der Waals surface area contributed by atoms with E-state index in [4.69, 9.17) is 21.5 Å². The van der Waals surface area contributed by atoms with E-state index in [9.17, 15) is 4.79 Å². The van der Waals surface area contributed by atoms with Gasteiger partial charge in [0.05, 0.1) is 16.8 Å². The van der Waals surface area contributed by atoms with Crippen molar-refractivity contribution in [3.05, 3.63) is 69.6 Å². The first-order chi connectivity index (χ1) is 14.9. The van der Waals surface area contributed by atoms with Crippen molar-refractivity contribution in [3.63, 3.8) is 0 Å². The third kappa shape index (κ3) is 4.36. The molecule has 4 rings (SSSR count). The van der Waals surface area contributed by atoms with Gasteiger partial charge in [0, 0.05) is 20.0 Å². The highest BCUT2D eigenvalue weighted by atomic mass is 32.1. The summed E-state index contributed by atoms with van der Waals surface area (Å²) in [7, 11) is 1.84. The predicted molar refractivity (Wildman–Crippen MR) is 119 cm³/mol. The van der Waals surface area contributed by atoms with E-state index in [1.807, 2.05) is 57.3 Å². The van der Waals surface area contributed by atoms with Crippen LogP contribution in [0.5, 0.6) is 5.75 Å². The SMILES string of the molecule is Cc1noc(C)c1COc1cc2ccccc2cc1C(=O)NCCc1n[nH]c(=S)n1C. The molecule has 0 saturated carbocycles. The smallest absolute Gasteiger partial charge is 0.255 e. The molecule has 8 nitrogen and oxygen atoms in total. The Morgan fingerprint density at radius 2 is 2.00 bits per heavy atom. The number of hydrogen-bond acceptors (Lipinski definition) is 6. The van der Waals surface area contributed by atoms with E-state index in [0.717, 1.165) is 27.9 Å². The number of nitrogens with one attached hydrogen (secondary N) is 2. The molecule has 0 unspecified atom stereocenters. The first-order valence-electron chi connectivity index (χ1n) is 9.90. The molecule has 31 heavy (non-hydrogen) atoms. The summed E-state index contributed by atoms with van der Waals surface area (Å²) in [5, 5.41) is 15.8. The molecule has 160 valence electrons. The lowest BCUT2D eigenvalue weighted by atomic mass is 10.1. The largest absolute Gasteiger partial charge is 0.488 e. The van der Waals surface area contributed by atoms with Crippen LogP contribution >= 0.6 is 12.2 Å². The van der Waals surface area contributed by atoms with Crippen molar-refractivity contribution in [3.8, 4) is 5.75 Å². The van der Waals surface area contributed by atoms with Crippen LogP contribution in [0, 0.1) is 18.6 Å². The summed E-state index contributed by atoms with van der Waals surface area (Å²) in [6, 6.07) is 11.6. The topological polar surface area (TPSA) is 98.0 Å². The van der Waals surface area contributed by atoms with Gasteiger partial charge in [-0.15, -0.1) is 0 Å². The van der Waals surface area contributed by atoms with Gasteiger partial charge in [-0.25, -0.2) is 0 Å². The standard InChI is InChI=1S/C22H23N5O3S/c1-13-18(14(2)30-26-13)12-29-19-11-16-7-5-4-6-15(16)10-17(19)21(28)23-9-8-20-24-25-22(31)27(20)3/h4-7,10-11H,8-9,12H2,1-3H3,(H,23,28)(H,25,31). The zero-order chi connectivity index (χ0) is 22.0. The second-order valence-corrected chi connectivity index (χ2v) is 7.68. The molecule has 4 aromatic rings. The van der Waals surface area contributed by atoms with Crippen LogP contribution in [0.4, 0.5) is 0 Å². The summed E-state index contributed by atoms with van der Waals surface area (Å²) in [5.74, 6) is 1.78. The highest BCUT2D eigenvalue weighted by Crippen LogP contribution is 2.27. The zero-order valence-electron chi connectivity index (χ0n) is 17.6. The summed E-state index contributed by atoms with van der Waals surface area (Å²) in [4.78, 5) is 13.0. The average Bonchev–Trinajstić information content (AvgIpc) is 3.26. The Morgan fingerprint density at radius 3 is 2.65 bits per heavy atom. The Balaban J connectivity index is 1.55. The fraction of sp³-hybridized carbons (Fsp3) is 0.273. The fourth-order valence-electron chi connectivity index (χ4n) is 3.36. The maximum absolute atomic E-state index is 13.0. The number of aryl methyl sites for hydroxylation is 2. The first-order valence-corrected chi connectivity index (χ1v) is 10.3. The number of benzene rings is 2. The molecule has 0 atom stereocenters. The van der Waals surface area contributed by atoms with Gasteiger partial charge in [-0.1, -0.05) is 29.4 Å². The molecule has 0 bridgehead atoms. The fourth-order valence-corrected chi connectivity index (χ4v) is 3.51. The van der Waals surface area contributed by atoms with E-state index in [-0.39, 0.29) is 12.5 Å². The van der Waals surface area contributed by atoms with Gasteiger partial charge < -0.3 is 19.1 Å². The van der Waals surface area contributed by atoms with E-state index in [1.54, 1.807) is 4.57 Å². The number of carbonyl (C=O) groups excluding carboxylic acids is 1. The minimum absolute atomic E-state index is 0.212. The molecule has 0 fully saturated rings. The molecule has 2 aromatic heterocycles. The van der Waals surface area contributed by atoms with Gasteiger partial charge in [0.2, 0.25) is 0 Å². The van der Waals surface area contributed by atoms with Gasteiger partial charge >= 0.3 is 0 Å². The number of ether oxygens (including phenoxy) is 1. The van der Waals surface area contributed by atoms with E-state index >= 15 is 0 Å². The summed E-state index contributed by atoms with van der Waals surface area (Å²) in [6.45, 7) is 4.40. The Morgan fingerprint density at radius 1 is 1.26 bits per heavy atom. The van der Waals surface area contributed by atoms with E-state index in [0.29, 0.717) is 34.8 Å². The quantitative estimate of drug-likeness (QED) is 0.427. The van der Waals surface area contributed by atoms with Crippen molar-refractivity contribution >= 4 is 28.9 Å². The second-order valence-electron chi connectivity index (χ2n) is 7.30. The number of fused-ring (bicyclic) bond motifs is 1. The molecule has 1 amide bonds. The van der Waals surface area contributed by atoms with Crippen LogP contribution in [0.2, 0.25) is 0 Å². The number of carbonyl (C=O) groups is 1. The number of hydrogen-bond donors (Lipinski definition) is 2. The lowest BCUT2D eigenvalue weighted by molar-refractivity contribution is 0.0949. The minimum atomic E-state index is -0.212. The Hall–Kier alpha value is -3.46. The molecule has 0 aliphatic rings. The summed E-state index contributed by atoms with van der Waals surface area (Å²) in [6.07, 6.45) is 0.554. The molecule has 0 aliphatic heterocycles. The van der Waals surface area contributed by atoms with E-state index in [1.165, 1.54) is 0 Å². The van der Waals surface area contributed by atoms with Gasteiger partial charge in [-0.05, 0) is 49.0 Å². The van der Waals surface area contributed by atoms with Crippen molar-refractivity contribution in [1.82, 2.24) is 25.2 Å². The normalized spacial score (nSPS) is 11.1. The molecule has 0 saturated heterocycles. The summed E-state index contributed by atoms with van der Waals surface area (Å²) in [5.41, 5.74) is 2.13. The Labute approximate surface area is 184 Å². The second kappa shape index (κ2) is 8.73. The van der Waals surface area contributed by atoms with E-state index < -0.39 is 0 Å². The Bertz CT molecular complexity index is 1280. The van der Waals surface area contributed by atoms with Crippen LogP contribution in [0.15, 0.2) is 40.9 Å². The maximum Gasteiger partial charge on any atom is 0.255 e. The van der Waals surface area contributed by atoms with Crippen LogP contribution < -0.4 is 10.1 Å². The molecular weight excluding hydrogens is 414 g/mol. The number of aromatic amines is 1. The van der Waals surface area contributed by atoms with Gasteiger partial charge in [-0.2, -0.15) is 5.10 Å². The molecule has 0 radical (unpaired) electrons. The van der Waals surface area contributed by atoms with Crippen LogP contribution in [0.3, 0.4) is 0 Å². The predicted octanol–water partition coefficient (Wildman–Crippen LogP) is 3.79. The van der Waals surface area contributed by atoms with Crippen molar-refractivity contribution in [2.45, 2.75) is 26.9 Å². The van der Waals surface area contributed by atoms with Crippen molar-refractivity contribution in [2.24, 2.45) is 7.05 Å². The highest BCUT2D eigenvalue weighted by Gasteiger charge is 2.17. The number of rotatable bonds is 7. The monoisotopic (exact) mass is 437 g/mol. The van der Waals surface area contributed by atoms with Crippen LogP contribution in [0.25, 0.3) is 10.8 Å².